The first-order valence-electron chi connectivity index (χ1n) is 10.0. The van der Waals surface area contributed by atoms with Crippen LogP contribution in [0.1, 0.15) is 37.4 Å². The zero-order valence-electron chi connectivity index (χ0n) is 16.5. The minimum absolute atomic E-state index is 0.154. The molecule has 0 amide bonds. The van der Waals surface area contributed by atoms with Gasteiger partial charge in [0.05, 0.1) is 24.2 Å². The molecule has 1 aliphatic heterocycles. The van der Waals surface area contributed by atoms with Gasteiger partial charge < -0.3 is 4.74 Å². The molecule has 0 N–H and O–H groups in total. The quantitative estimate of drug-likeness (QED) is 0.406. The summed E-state index contributed by atoms with van der Waals surface area (Å²) >= 11 is 0. The predicted molar refractivity (Wildman–Crippen MR) is 101 cm³/mol. The Hall–Kier alpha value is -2.60. The van der Waals surface area contributed by atoms with Crippen molar-refractivity contribution in [1.82, 2.24) is 19.7 Å². The van der Waals surface area contributed by atoms with Crippen molar-refractivity contribution in [2.75, 3.05) is 26.3 Å². The molecule has 1 aliphatic carbocycles. The Bertz CT molecular complexity index is 951. The number of nitro groups is 1. The fourth-order valence-electron chi connectivity index (χ4n) is 4.27. The van der Waals surface area contributed by atoms with Crippen LogP contribution in [-0.2, 0) is 10.9 Å². The summed E-state index contributed by atoms with van der Waals surface area (Å²) in [4.78, 5) is 16.4. The molecule has 1 saturated carbocycles. The molecule has 0 unspecified atom stereocenters. The second-order valence-corrected chi connectivity index (χ2v) is 7.74. The topological polar surface area (TPSA) is 86.3 Å². The highest BCUT2D eigenvalue weighted by atomic mass is 19.4. The Morgan fingerprint density at radius 3 is 2.32 bits per heavy atom. The van der Waals surface area contributed by atoms with Crippen LogP contribution >= 0.6 is 0 Å². The van der Waals surface area contributed by atoms with E-state index in [0.29, 0.717) is 44.2 Å². The van der Waals surface area contributed by atoms with Crippen LogP contribution in [-0.4, -0.2) is 56.9 Å². The molecule has 0 spiro atoms. The Balaban J connectivity index is 1.58. The molecule has 31 heavy (non-hydrogen) atoms. The molecule has 2 aliphatic rings. The second-order valence-electron chi connectivity index (χ2n) is 7.74. The number of hydrogen-bond donors (Lipinski definition) is 0. The van der Waals surface area contributed by atoms with Crippen LogP contribution in [0.15, 0.2) is 18.3 Å². The van der Waals surface area contributed by atoms with Crippen LogP contribution in [0, 0.1) is 15.9 Å². The van der Waals surface area contributed by atoms with Crippen molar-refractivity contribution in [2.24, 2.45) is 0 Å². The normalized spacial score (nSPS) is 23.1. The van der Waals surface area contributed by atoms with E-state index in [4.69, 9.17) is 4.74 Å². The average molecular weight is 443 g/mol. The highest BCUT2D eigenvalue weighted by molar-refractivity contribution is 5.66. The molecule has 2 aromatic heterocycles. The van der Waals surface area contributed by atoms with Gasteiger partial charge >= 0.3 is 11.9 Å². The number of rotatable bonds is 4. The zero-order valence-corrected chi connectivity index (χ0v) is 16.5. The first-order chi connectivity index (χ1) is 14.7. The van der Waals surface area contributed by atoms with E-state index in [0.717, 1.165) is 32.1 Å². The molecule has 12 heteroatoms. The number of nitrogens with zero attached hydrogens (tertiary/aromatic N) is 5. The van der Waals surface area contributed by atoms with E-state index in [2.05, 4.69) is 15.0 Å². The van der Waals surface area contributed by atoms with Gasteiger partial charge in [0.1, 0.15) is 17.6 Å². The Kier molecular flexibility index (Phi) is 5.93. The van der Waals surface area contributed by atoms with Gasteiger partial charge in [-0.05, 0) is 37.8 Å². The second kappa shape index (κ2) is 8.50. The summed E-state index contributed by atoms with van der Waals surface area (Å²) in [5, 5.41) is 15.6. The molecule has 2 aromatic rings. The number of alkyl halides is 3. The lowest BCUT2D eigenvalue weighted by Crippen LogP contribution is -2.45. The molecule has 0 radical (unpaired) electrons. The smallest absolute Gasteiger partial charge is 0.379 e. The lowest BCUT2D eigenvalue weighted by Gasteiger charge is -2.38. The fourth-order valence-corrected chi connectivity index (χ4v) is 4.27. The van der Waals surface area contributed by atoms with Gasteiger partial charge in [-0.1, -0.05) is 0 Å². The van der Waals surface area contributed by atoms with Gasteiger partial charge in [-0.15, -0.1) is 0 Å². The number of aromatic nitrogens is 3. The highest BCUT2D eigenvalue weighted by Crippen LogP contribution is 2.37. The molecule has 0 aromatic carbocycles. The van der Waals surface area contributed by atoms with Crippen molar-refractivity contribution in [3.63, 3.8) is 0 Å². The van der Waals surface area contributed by atoms with Gasteiger partial charge in [-0.25, -0.2) is 9.37 Å². The van der Waals surface area contributed by atoms with Crippen LogP contribution in [0.3, 0.4) is 0 Å². The van der Waals surface area contributed by atoms with E-state index in [1.54, 1.807) is 0 Å². The molecule has 4 rings (SSSR count). The van der Waals surface area contributed by atoms with E-state index in [9.17, 15) is 27.7 Å². The molecule has 2 fully saturated rings. The summed E-state index contributed by atoms with van der Waals surface area (Å²) in [7, 11) is 0. The molecule has 8 nitrogen and oxygen atoms in total. The molecular formula is C19H21F4N5O3. The molecule has 0 atom stereocenters. The molecular weight excluding hydrogens is 422 g/mol. The van der Waals surface area contributed by atoms with Crippen molar-refractivity contribution in [2.45, 2.75) is 43.9 Å². The van der Waals surface area contributed by atoms with Crippen molar-refractivity contribution >= 4 is 5.69 Å². The minimum Gasteiger partial charge on any atom is -0.379 e. The van der Waals surface area contributed by atoms with Crippen molar-refractivity contribution < 1.29 is 27.2 Å². The van der Waals surface area contributed by atoms with E-state index >= 15 is 0 Å². The Morgan fingerprint density at radius 1 is 1.06 bits per heavy atom. The van der Waals surface area contributed by atoms with E-state index in [1.807, 2.05) is 0 Å². The summed E-state index contributed by atoms with van der Waals surface area (Å²) in [6.45, 7) is 3.13. The summed E-state index contributed by atoms with van der Waals surface area (Å²) in [5.41, 5.74) is -3.18. The third-order valence-electron chi connectivity index (χ3n) is 5.87. The lowest BCUT2D eigenvalue weighted by atomic mass is 9.90. The van der Waals surface area contributed by atoms with Gasteiger partial charge in [-0.2, -0.15) is 18.3 Å². The third-order valence-corrected chi connectivity index (χ3v) is 5.87. The van der Waals surface area contributed by atoms with E-state index in [-0.39, 0.29) is 6.04 Å². The third kappa shape index (κ3) is 4.54. The maximum atomic E-state index is 14.3. The maximum Gasteiger partial charge on any atom is 0.433 e. The summed E-state index contributed by atoms with van der Waals surface area (Å²) in [6, 6.07) is 1.34. The van der Waals surface area contributed by atoms with E-state index < -0.39 is 39.7 Å². The maximum absolute atomic E-state index is 14.3. The Labute approximate surface area is 175 Å². The van der Waals surface area contributed by atoms with Crippen molar-refractivity contribution in [3.05, 3.63) is 40.0 Å². The van der Waals surface area contributed by atoms with Gasteiger partial charge in [0, 0.05) is 19.1 Å². The molecule has 3 heterocycles. The molecule has 168 valence electrons. The Morgan fingerprint density at radius 2 is 1.71 bits per heavy atom. The van der Waals surface area contributed by atoms with Crippen LogP contribution in [0.2, 0.25) is 0 Å². The number of ether oxygens (including phenoxy) is 1. The standard InChI is InChI=1S/C19H21F4N5O3/c20-14-5-6-16(19(21,22)23)24-17(14)18-15(28(29)30)11-27(25-18)13-3-1-12(2-4-13)26-7-9-31-10-8-26/h5-6,11-13H,1-4,7-10H2. The van der Waals surface area contributed by atoms with Gasteiger partial charge in [-0.3, -0.25) is 19.7 Å². The minimum atomic E-state index is -4.81. The summed E-state index contributed by atoms with van der Waals surface area (Å²) in [6.07, 6.45) is -0.501. The predicted octanol–water partition coefficient (Wildman–Crippen LogP) is 3.83. The average Bonchev–Trinajstić information content (AvgIpc) is 3.19. The molecule has 1 saturated heterocycles. The number of halogens is 4. The fraction of sp³-hybridized carbons (Fsp3) is 0.579. The van der Waals surface area contributed by atoms with Crippen molar-refractivity contribution in [1.29, 1.82) is 0 Å². The first-order valence-corrected chi connectivity index (χ1v) is 10.0. The monoisotopic (exact) mass is 443 g/mol. The largest absolute Gasteiger partial charge is 0.433 e. The van der Waals surface area contributed by atoms with E-state index in [1.165, 1.54) is 4.68 Å². The SMILES string of the molecule is O=[N+]([O-])c1cn(C2CCC(N3CCOCC3)CC2)nc1-c1nc(C(F)(F)F)ccc1F. The van der Waals surface area contributed by atoms with Gasteiger partial charge in [0.15, 0.2) is 11.5 Å². The zero-order chi connectivity index (χ0) is 22.2. The van der Waals surface area contributed by atoms with Gasteiger partial charge in [0.25, 0.3) is 0 Å². The van der Waals surface area contributed by atoms with Crippen LogP contribution in [0.5, 0.6) is 0 Å². The van der Waals surface area contributed by atoms with Crippen LogP contribution < -0.4 is 0 Å². The number of morpholine rings is 1. The highest BCUT2D eigenvalue weighted by Gasteiger charge is 2.36. The van der Waals surface area contributed by atoms with Crippen LogP contribution in [0.25, 0.3) is 11.4 Å². The lowest BCUT2D eigenvalue weighted by molar-refractivity contribution is -0.384. The molecule has 0 bridgehead atoms. The number of hydrogen-bond acceptors (Lipinski definition) is 6. The number of pyridine rings is 1. The summed E-state index contributed by atoms with van der Waals surface area (Å²) < 4.78 is 60.0. The van der Waals surface area contributed by atoms with Gasteiger partial charge in [0.2, 0.25) is 0 Å². The van der Waals surface area contributed by atoms with Crippen LogP contribution in [0.4, 0.5) is 23.2 Å². The summed E-state index contributed by atoms with van der Waals surface area (Å²) in [5.74, 6) is -1.10. The first kappa shape index (κ1) is 21.6. The van der Waals surface area contributed by atoms with Crippen molar-refractivity contribution in [3.8, 4) is 11.4 Å².